The molecule has 3 aromatic rings. The quantitative estimate of drug-likeness (QED) is 0.675. The van der Waals surface area contributed by atoms with Crippen molar-refractivity contribution in [2.75, 3.05) is 13.7 Å². The number of ketones is 1. The van der Waals surface area contributed by atoms with Gasteiger partial charge in [-0.05, 0) is 36.4 Å². The third-order valence-electron chi connectivity index (χ3n) is 3.37. The molecule has 0 saturated carbocycles. The van der Waals surface area contributed by atoms with Crippen LogP contribution in [0.1, 0.15) is 10.4 Å². The highest BCUT2D eigenvalue weighted by Gasteiger charge is 2.09. The number of para-hydroxylation sites is 1. The first kappa shape index (κ1) is 14.1. The van der Waals surface area contributed by atoms with E-state index in [1.54, 1.807) is 37.6 Å². The molecule has 4 heteroatoms. The lowest BCUT2D eigenvalue weighted by Crippen LogP contribution is -2.11. The Morgan fingerprint density at radius 3 is 2.59 bits per heavy atom. The molecule has 1 aromatic heterocycles. The van der Waals surface area contributed by atoms with Crippen LogP contribution in [0.4, 0.5) is 0 Å². The molecule has 4 nitrogen and oxygen atoms in total. The fourth-order valence-electron chi connectivity index (χ4n) is 2.20. The summed E-state index contributed by atoms with van der Waals surface area (Å²) in [7, 11) is 1.59. The molecule has 0 unspecified atom stereocenters. The first-order valence-corrected chi connectivity index (χ1v) is 6.92. The van der Waals surface area contributed by atoms with Crippen LogP contribution in [0.5, 0.6) is 11.5 Å². The lowest BCUT2D eigenvalue weighted by Gasteiger charge is -2.08. The number of aromatic nitrogens is 1. The predicted octanol–water partition coefficient (Wildman–Crippen LogP) is 3.51. The maximum atomic E-state index is 12.2. The first-order chi connectivity index (χ1) is 10.8. The van der Waals surface area contributed by atoms with Crippen LogP contribution in [0.3, 0.4) is 0 Å². The zero-order valence-corrected chi connectivity index (χ0v) is 12.2. The van der Waals surface area contributed by atoms with Gasteiger partial charge in [-0.25, -0.2) is 0 Å². The van der Waals surface area contributed by atoms with Gasteiger partial charge >= 0.3 is 0 Å². The molecule has 0 amide bonds. The minimum Gasteiger partial charge on any atom is -0.497 e. The van der Waals surface area contributed by atoms with E-state index < -0.39 is 0 Å². The van der Waals surface area contributed by atoms with E-state index in [0.29, 0.717) is 11.3 Å². The third kappa shape index (κ3) is 2.91. The fraction of sp³-hybridized carbons (Fsp3) is 0.111. The van der Waals surface area contributed by atoms with Gasteiger partial charge in [0.05, 0.1) is 7.11 Å². The zero-order chi connectivity index (χ0) is 15.4. The molecule has 1 heterocycles. The summed E-state index contributed by atoms with van der Waals surface area (Å²) in [6.07, 6.45) is 1.71. The number of fused-ring (bicyclic) bond motifs is 1. The number of benzene rings is 2. The zero-order valence-electron chi connectivity index (χ0n) is 12.2. The molecule has 0 N–H and O–H groups in total. The molecule has 0 saturated heterocycles. The summed E-state index contributed by atoms with van der Waals surface area (Å²) < 4.78 is 10.7. The Hall–Kier alpha value is -2.88. The number of pyridine rings is 1. The molecule has 0 radical (unpaired) electrons. The lowest BCUT2D eigenvalue weighted by atomic mass is 10.1. The van der Waals surface area contributed by atoms with E-state index in [1.807, 2.05) is 30.3 Å². The second-order valence-electron chi connectivity index (χ2n) is 4.77. The van der Waals surface area contributed by atoms with Gasteiger partial charge in [-0.15, -0.1) is 0 Å². The molecule has 0 aliphatic heterocycles. The van der Waals surface area contributed by atoms with Gasteiger partial charge in [0.15, 0.2) is 12.4 Å². The number of ether oxygens (including phenoxy) is 2. The molecular formula is C18H15NO3. The van der Waals surface area contributed by atoms with Crippen LogP contribution in [0, 0.1) is 0 Å². The molecule has 0 atom stereocenters. The molecule has 0 fully saturated rings. The topological polar surface area (TPSA) is 48.4 Å². The van der Waals surface area contributed by atoms with Gasteiger partial charge < -0.3 is 9.47 Å². The Morgan fingerprint density at radius 1 is 1.05 bits per heavy atom. The van der Waals surface area contributed by atoms with E-state index in [9.17, 15) is 4.79 Å². The summed E-state index contributed by atoms with van der Waals surface area (Å²) in [5, 5.41) is 0.983. The monoisotopic (exact) mass is 293 g/mol. The Morgan fingerprint density at radius 2 is 1.82 bits per heavy atom. The average Bonchev–Trinajstić information content (AvgIpc) is 2.59. The number of carbonyl (C=O) groups excluding carboxylic acids is 1. The van der Waals surface area contributed by atoms with Crippen molar-refractivity contribution < 1.29 is 14.3 Å². The van der Waals surface area contributed by atoms with Gasteiger partial charge in [0.25, 0.3) is 0 Å². The minimum absolute atomic E-state index is 0.0258. The van der Waals surface area contributed by atoms with Crippen molar-refractivity contribution in [3.8, 4) is 11.5 Å². The SMILES string of the molecule is COc1ccc(C(=O)COc2cccc3cccnc23)cc1. The van der Waals surface area contributed by atoms with Gasteiger partial charge in [0.2, 0.25) is 0 Å². The Kier molecular flexibility index (Phi) is 4.01. The molecular weight excluding hydrogens is 278 g/mol. The molecule has 22 heavy (non-hydrogen) atoms. The molecule has 0 aliphatic rings. The van der Waals surface area contributed by atoms with Crippen LogP contribution in [0.2, 0.25) is 0 Å². The van der Waals surface area contributed by atoms with Crippen LogP contribution in [-0.4, -0.2) is 24.5 Å². The summed E-state index contributed by atoms with van der Waals surface area (Å²) in [5.74, 6) is 1.24. The summed E-state index contributed by atoms with van der Waals surface area (Å²) >= 11 is 0. The second-order valence-corrected chi connectivity index (χ2v) is 4.77. The summed E-state index contributed by atoms with van der Waals surface area (Å²) in [4.78, 5) is 16.5. The number of Topliss-reactive ketones (excluding diaryl/α,β-unsaturated/α-hetero) is 1. The van der Waals surface area contributed by atoms with Crippen molar-refractivity contribution in [1.82, 2.24) is 4.98 Å². The van der Waals surface area contributed by atoms with E-state index in [-0.39, 0.29) is 12.4 Å². The predicted molar refractivity (Wildman–Crippen MR) is 84.6 cm³/mol. The number of rotatable bonds is 5. The summed E-state index contributed by atoms with van der Waals surface area (Å²) in [6, 6.07) is 16.5. The molecule has 2 aromatic carbocycles. The summed E-state index contributed by atoms with van der Waals surface area (Å²) in [6.45, 7) is -0.0258. The Labute approximate surface area is 128 Å². The van der Waals surface area contributed by atoms with Crippen LogP contribution in [-0.2, 0) is 0 Å². The van der Waals surface area contributed by atoms with E-state index in [0.717, 1.165) is 16.7 Å². The van der Waals surface area contributed by atoms with Crippen LogP contribution >= 0.6 is 0 Å². The highest BCUT2D eigenvalue weighted by atomic mass is 16.5. The summed E-state index contributed by atoms with van der Waals surface area (Å²) in [5.41, 5.74) is 1.35. The molecule has 110 valence electrons. The second kappa shape index (κ2) is 6.26. The largest absolute Gasteiger partial charge is 0.497 e. The third-order valence-corrected chi connectivity index (χ3v) is 3.37. The molecule has 0 bridgehead atoms. The van der Waals surface area contributed by atoms with E-state index in [1.165, 1.54) is 0 Å². The van der Waals surface area contributed by atoms with E-state index in [4.69, 9.17) is 9.47 Å². The maximum absolute atomic E-state index is 12.2. The van der Waals surface area contributed by atoms with E-state index >= 15 is 0 Å². The van der Waals surface area contributed by atoms with Crippen molar-refractivity contribution in [1.29, 1.82) is 0 Å². The van der Waals surface area contributed by atoms with Crippen molar-refractivity contribution in [2.45, 2.75) is 0 Å². The van der Waals surface area contributed by atoms with Crippen molar-refractivity contribution in [3.05, 3.63) is 66.4 Å². The van der Waals surface area contributed by atoms with Gasteiger partial charge in [-0.2, -0.15) is 0 Å². The Bertz CT molecular complexity index is 792. The number of hydrogen-bond donors (Lipinski definition) is 0. The van der Waals surface area contributed by atoms with Gasteiger partial charge in [0, 0.05) is 17.1 Å². The highest BCUT2D eigenvalue weighted by Crippen LogP contribution is 2.23. The van der Waals surface area contributed by atoms with Crippen molar-refractivity contribution in [2.24, 2.45) is 0 Å². The highest BCUT2D eigenvalue weighted by molar-refractivity contribution is 5.97. The van der Waals surface area contributed by atoms with Gasteiger partial charge in [-0.3, -0.25) is 9.78 Å². The van der Waals surface area contributed by atoms with Crippen LogP contribution < -0.4 is 9.47 Å². The van der Waals surface area contributed by atoms with Crippen molar-refractivity contribution >= 4 is 16.7 Å². The van der Waals surface area contributed by atoms with Crippen LogP contribution in [0.15, 0.2) is 60.8 Å². The fourth-order valence-corrected chi connectivity index (χ4v) is 2.20. The molecule has 0 aliphatic carbocycles. The number of carbonyl (C=O) groups is 1. The first-order valence-electron chi connectivity index (χ1n) is 6.92. The lowest BCUT2D eigenvalue weighted by molar-refractivity contribution is 0.0922. The normalized spacial score (nSPS) is 10.4. The van der Waals surface area contributed by atoms with Crippen molar-refractivity contribution in [3.63, 3.8) is 0 Å². The smallest absolute Gasteiger partial charge is 0.200 e. The molecule has 0 spiro atoms. The number of methoxy groups -OCH3 is 1. The number of nitrogens with zero attached hydrogens (tertiary/aromatic N) is 1. The minimum atomic E-state index is -0.0874. The number of hydrogen-bond acceptors (Lipinski definition) is 4. The van der Waals surface area contributed by atoms with Crippen LogP contribution in [0.25, 0.3) is 10.9 Å². The maximum Gasteiger partial charge on any atom is 0.200 e. The van der Waals surface area contributed by atoms with Gasteiger partial charge in [0.1, 0.15) is 17.0 Å². The van der Waals surface area contributed by atoms with Gasteiger partial charge in [-0.1, -0.05) is 18.2 Å². The molecule has 3 rings (SSSR count). The standard InChI is InChI=1S/C18H15NO3/c1-21-15-9-7-13(8-10-15)16(20)12-22-17-6-2-4-14-5-3-11-19-18(14)17/h2-11H,12H2,1H3. The van der Waals surface area contributed by atoms with E-state index in [2.05, 4.69) is 4.98 Å². The average molecular weight is 293 g/mol. The Balaban J connectivity index is 1.74.